The van der Waals surface area contributed by atoms with Gasteiger partial charge in [0.2, 0.25) is 11.5 Å². The fourth-order valence-corrected chi connectivity index (χ4v) is 7.08. The highest BCUT2D eigenvalue weighted by atomic mass is 16.5. The molecule has 4 aromatic rings. The highest BCUT2D eigenvalue weighted by Crippen LogP contribution is 2.40. The zero-order valence-electron chi connectivity index (χ0n) is 38.4. The standard InChI is InChI=1S/C25H34N2O4.C13H18O5.C12H18N2/c1-4-5-17-31-24-22(29-2)18-21(19-23(24)30-3)25(28)27-15-13-26(14-16-27)12-11-20-9-7-6-8-10-20;1-4-5-6-18-12-10(16-2)7-9(13(14)15)8-11(12)17-3;1-2-4-12(5-3-1)6-9-14-10-7-13-8-11-14/h6-10,18-19H,4-5,11-17H2,1-3H3;7-8H,4-6H2,1-3H3,(H,14,15);1-5,13H,6-11H2. The molecule has 0 aliphatic carbocycles. The normalized spacial score (nSPS) is 14.0. The van der Waals surface area contributed by atoms with Crippen LogP contribution in [0.3, 0.4) is 0 Å². The predicted octanol–water partition coefficient (Wildman–Crippen LogP) is 7.60. The minimum absolute atomic E-state index is 0.000539. The summed E-state index contributed by atoms with van der Waals surface area (Å²) in [5.41, 5.74) is 3.47. The van der Waals surface area contributed by atoms with Gasteiger partial charge in [0.15, 0.2) is 23.0 Å². The van der Waals surface area contributed by atoms with Gasteiger partial charge in [-0.1, -0.05) is 87.4 Å². The molecule has 0 radical (unpaired) electrons. The van der Waals surface area contributed by atoms with E-state index < -0.39 is 5.97 Å². The maximum absolute atomic E-state index is 13.1. The Hall–Kier alpha value is -5.50. The minimum atomic E-state index is -1.04. The first-order valence-electron chi connectivity index (χ1n) is 22.3. The molecule has 0 atom stereocenters. The van der Waals surface area contributed by atoms with Crippen molar-refractivity contribution in [3.05, 3.63) is 107 Å². The summed E-state index contributed by atoms with van der Waals surface area (Å²) < 4.78 is 32.7. The Morgan fingerprint density at radius 1 is 0.571 bits per heavy atom. The molecule has 13 heteroatoms. The Bertz CT molecular complexity index is 1870. The number of piperazine rings is 2. The van der Waals surface area contributed by atoms with Gasteiger partial charge in [-0.2, -0.15) is 0 Å². The van der Waals surface area contributed by atoms with Crippen molar-refractivity contribution >= 4 is 11.9 Å². The van der Waals surface area contributed by atoms with Gasteiger partial charge in [0.1, 0.15) is 0 Å². The second-order valence-corrected chi connectivity index (χ2v) is 15.3. The number of hydrogen-bond acceptors (Lipinski definition) is 11. The summed E-state index contributed by atoms with van der Waals surface area (Å²) in [6.45, 7) is 15.4. The topological polar surface area (TPSA) is 132 Å². The Morgan fingerprint density at radius 3 is 1.35 bits per heavy atom. The van der Waals surface area contributed by atoms with Crippen LogP contribution in [0.15, 0.2) is 84.9 Å². The molecule has 6 rings (SSSR count). The van der Waals surface area contributed by atoms with Gasteiger partial charge in [0.25, 0.3) is 5.91 Å². The van der Waals surface area contributed by atoms with E-state index in [2.05, 4.69) is 83.6 Å². The smallest absolute Gasteiger partial charge is 0.335 e. The van der Waals surface area contributed by atoms with Gasteiger partial charge in [-0.25, -0.2) is 4.79 Å². The van der Waals surface area contributed by atoms with Crippen LogP contribution in [-0.2, 0) is 12.8 Å². The lowest BCUT2D eigenvalue weighted by Crippen LogP contribution is -2.49. The molecule has 2 aliphatic heterocycles. The van der Waals surface area contributed by atoms with Gasteiger partial charge < -0.3 is 48.6 Å². The Labute approximate surface area is 375 Å². The van der Waals surface area contributed by atoms with Gasteiger partial charge in [-0.15, -0.1) is 0 Å². The first-order chi connectivity index (χ1) is 30.7. The molecule has 0 bridgehead atoms. The van der Waals surface area contributed by atoms with Crippen LogP contribution in [0.1, 0.15) is 71.4 Å². The van der Waals surface area contributed by atoms with E-state index in [1.165, 1.54) is 63.5 Å². The summed E-state index contributed by atoms with van der Waals surface area (Å²) in [7, 11) is 6.10. The Kier molecular flexibility index (Phi) is 22.5. The number of nitrogens with one attached hydrogen (secondary N) is 1. The molecule has 1 amide bonds. The molecule has 63 heavy (non-hydrogen) atoms. The van der Waals surface area contributed by atoms with Crippen molar-refractivity contribution in [3.63, 3.8) is 0 Å². The van der Waals surface area contributed by atoms with Crippen molar-refractivity contribution in [3.8, 4) is 34.5 Å². The van der Waals surface area contributed by atoms with Crippen molar-refractivity contribution in [1.82, 2.24) is 20.0 Å². The minimum Gasteiger partial charge on any atom is -0.493 e. The number of carboxylic acid groups (broad SMARTS) is 1. The third kappa shape index (κ3) is 16.6. The van der Waals surface area contributed by atoms with Crippen molar-refractivity contribution in [2.75, 3.05) is 107 Å². The SMILES string of the molecule is CCCCOc1c(OC)cc(C(=O)N2CCN(CCc3ccccc3)CC2)cc1OC.CCCCOc1c(OC)cc(C(=O)O)cc1OC.c1ccc(CCN2CCNCC2)cc1. The molecule has 13 nitrogen and oxygen atoms in total. The number of carboxylic acids is 1. The van der Waals surface area contributed by atoms with Crippen LogP contribution in [0.2, 0.25) is 0 Å². The monoisotopic (exact) mass is 871 g/mol. The van der Waals surface area contributed by atoms with E-state index >= 15 is 0 Å². The zero-order valence-corrected chi connectivity index (χ0v) is 38.4. The molecular formula is C50H70N4O9. The lowest BCUT2D eigenvalue weighted by Gasteiger charge is -2.35. The largest absolute Gasteiger partial charge is 0.493 e. The van der Waals surface area contributed by atoms with Crippen LogP contribution in [-0.4, -0.2) is 139 Å². The maximum Gasteiger partial charge on any atom is 0.335 e. The van der Waals surface area contributed by atoms with Crippen LogP contribution >= 0.6 is 0 Å². The molecule has 0 unspecified atom stereocenters. The van der Waals surface area contributed by atoms with Crippen LogP contribution < -0.4 is 33.7 Å². The summed E-state index contributed by atoms with van der Waals surface area (Å²) in [6, 6.07) is 27.6. The number of carbonyl (C=O) groups is 2. The summed E-state index contributed by atoms with van der Waals surface area (Å²) in [4.78, 5) is 31.0. The number of nitrogens with zero attached hydrogens (tertiary/aromatic N) is 3. The fourth-order valence-electron chi connectivity index (χ4n) is 7.08. The summed E-state index contributed by atoms with van der Waals surface area (Å²) >= 11 is 0. The Balaban J connectivity index is 0.000000229. The van der Waals surface area contributed by atoms with Crippen LogP contribution in [0.5, 0.6) is 34.5 Å². The van der Waals surface area contributed by atoms with Crippen LogP contribution in [0.25, 0.3) is 0 Å². The summed E-state index contributed by atoms with van der Waals surface area (Å²) in [5.74, 6) is 1.75. The van der Waals surface area contributed by atoms with Gasteiger partial charge in [-0.3, -0.25) is 9.69 Å². The van der Waals surface area contributed by atoms with Gasteiger partial charge in [0, 0.05) is 71.0 Å². The Morgan fingerprint density at radius 2 is 0.968 bits per heavy atom. The molecular weight excluding hydrogens is 801 g/mol. The third-order valence-corrected chi connectivity index (χ3v) is 10.9. The highest BCUT2D eigenvalue weighted by molar-refractivity contribution is 5.95. The highest BCUT2D eigenvalue weighted by Gasteiger charge is 2.25. The second kappa shape index (κ2) is 28.2. The molecule has 0 spiro atoms. The van der Waals surface area contributed by atoms with E-state index in [1.807, 2.05) is 11.0 Å². The van der Waals surface area contributed by atoms with Crippen molar-refractivity contribution < 1.29 is 43.1 Å². The molecule has 2 saturated heterocycles. The number of hydrogen-bond donors (Lipinski definition) is 2. The maximum atomic E-state index is 13.1. The number of rotatable bonds is 20. The van der Waals surface area contributed by atoms with E-state index in [-0.39, 0.29) is 11.5 Å². The molecule has 2 fully saturated rings. The average molecular weight is 871 g/mol. The number of unbranched alkanes of at least 4 members (excludes halogenated alkanes) is 2. The molecule has 2 N–H and O–H groups in total. The molecule has 4 aromatic carbocycles. The number of ether oxygens (including phenoxy) is 6. The van der Waals surface area contributed by atoms with E-state index in [4.69, 9.17) is 33.5 Å². The average Bonchev–Trinajstić information content (AvgIpc) is 3.33. The molecule has 2 heterocycles. The van der Waals surface area contributed by atoms with Crippen LogP contribution in [0, 0.1) is 0 Å². The zero-order chi connectivity index (χ0) is 45.2. The molecule has 0 aromatic heterocycles. The summed E-state index contributed by atoms with van der Waals surface area (Å²) in [5, 5.41) is 12.3. The number of carbonyl (C=O) groups excluding carboxylic acids is 1. The number of methoxy groups -OCH3 is 4. The first kappa shape index (κ1) is 50.1. The van der Waals surface area contributed by atoms with Crippen molar-refractivity contribution in [1.29, 1.82) is 0 Å². The van der Waals surface area contributed by atoms with E-state index in [0.29, 0.717) is 66.4 Å². The number of benzene rings is 4. The first-order valence-corrected chi connectivity index (χ1v) is 22.3. The number of aromatic carboxylic acids is 1. The number of amides is 1. The van der Waals surface area contributed by atoms with E-state index in [1.54, 1.807) is 26.4 Å². The van der Waals surface area contributed by atoms with Crippen LogP contribution in [0.4, 0.5) is 0 Å². The van der Waals surface area contributed by atoms with Crippen molar-refractivity contribution in [2.24, 2.45) is 0 Å². The molecule has 2 aliphatic rings. The van der Waals surface area contributed by atoms with Crippen molar-refractivity contribution in [2.45, 2.75) is 52.4 Å². The molecule has 344 valence electrons. The fraction of sp³-hybridized carbons (Fsp3) is 0.480. The third-order valence-electron chi connectivity index (χ3n) is 10.9. The summed E-state index contributed by atoms with van der Waals surface area (Å²) in [6.07, 6.45) is 6.12. The lowest BCUT2D eigenvalue weighted by atomic mass is 10.1. The molecule has 0 saturated carbocycles. The van der Waals surface area contributed by atoms with Gasteiger partial charge >= 0.3 is 5.97 Å². The predicted molar refractivity (Wildman–Crippen MR) is 249 cm³/mol. The lowest BCUT2D eigenvalue weighted by molar-refractivity contribution is 0.0636. The van der Waals surface area contributed by atoms with Gasteiger partial charge in [-0.05, 0) is 61.1 Å². The second-order valence-electron chi connectivity index (χ2n) is 15.3. The van der Waals surface area contributed by atoms with E-state index in [0.717, 1.165) is 64.8 Å². The van der Waals surface area contributed by atoms with Gasteiger partial charge in [0.05, 0.1) is 47.2 Å². The quantitative estimate of drug-likeness (QED) is 0.0849. The van der Waals surface area contributed by atoms with E-state index in [9.17, 15) is 9.59 Å².